The fourth-order valence-electron chi connectivity index (χ4n) is 2.06. The summed E-state index contributed by atoms with van der Waals surface area (Å²) in [6, 6.07) is 0. The molecule has 0 aromatic carbocycles. The summed E-state index contributed by atoms with van der Waals surface area (Å²) in [7, 11) is 0. The highest BCUT2D eigenvalue weighted by Gasteiger charge is 2.27. The Morgan fingerprint density at radius 3 is 3.19 bits per heavy atom. The number of nitrogens with zero attached hydrogens (tertiary/aromatic N) is 2. The van der Waals surface area contributed by atoms with Gasteiger partial charge in [-0.2, -0.15) is 0 Å². The summed E-state index contributed by atoms with van der Waals surface area (Å²) in [4.78, 5) is 18.1. The summed E-state index contributed by atoms with van der Waals surface area (Å²) >= 11 is 1.50. The molecule has 1 fully saturated rings. The van der Waals surface area contributed by atoms with E-state index in [0.29, 0.717) is 11.6 Å². The van der Waals surface area contributed by atoms with Crippen molar-refractivity contribution in [3.8, 4) is 0 Å². The number of aliphatic hydroxyl groups excluding tert-OH is 1. The maximum atomic E-state index is 12.0. The molecule has 1 atom stereocenters. The third-order valence-corrected chi connectivity index (χ3v) is 3.72. The maximum Gasteiger partial charge on any atom is 0.273 e. The first-order valence-electron chi connectivity index (χ1n) is 5.53. The van der Waals surface area contributed by atoms with Gasteiger partial charge in [-0.15, -0.1) is 11.3 Å². The molecule has 5 heteroatoms. The van der Waals surface area contributed by atoms with Crippen molar-refractivity contribution in [1.29, 1.82) is 0 Å². The lowest BCUT2D eigenvalue weighted by molar-refractivity contribution is 0.0779. The van der Waals surface area contributed by atoms with E-state index in [9.17, 15) is 4.79 Å². The Morgan fingerprint density at radius 1 is 1.75 bits per heavy atom. The molecule has 0 aliphatic carbocycles. The SMILES string of the molecule is Cc1nc(C(=O)N2CCC(CCO)C2)cs1. The topological polar surface area (TPSA) is 53.4 Å². The number of aryl methyl sites for hydroxylation is 1. The average molecular weight is 240 g/mol. The van der Waals surface area contributed by atoms with E-state index in [-0.39, 0.29) is 12.5 Å². The first kappa shape index (κ1) is 11.5. The molecule has 1 aromatic heterocycles. The Balaban J connectivity index is 1.97. The minimum Gasteiger partial charge on any atom is -0.396 e. The van der Waals surface area contributed by atoms with Crippen LogP contribution < -0.4 is 0 Å². The van der Waals surface area contributed by atoms with Gasteiger partial charge < -0.3 is 10.0 Å². The van der Waals surface area contributed by atoms with Crippen molar-refractivity contribution >= 4 is 17.2 Å². The zero-order chi connectivity index (χ0) is 11.5. The molecule has 4 nitrogen and oxygen atoms in total. The summed E-state index contributed by atoms with van der Waals surface area (Å²) in [5.41, 5.74) is 0.562. The van der Waals surface area contributed by atoms with Crippen molar-refractivity contribution in [3.63, 3.8) is 0 Å². The number of likely N-dealkylation sites (tertiary alicyclic amines) is 1. The Morgan fingerprint density at radius 2 is 2.56 bits per heavy atom. The number of rotatable bonds is 3. The number of hydrogen-bond acceptors (Lipinski definition) is 4. The van der Waals surface area contributed by atoms with Gasteiger partial charge in [-0.25, -0.2) is 4.98 Å². The van der Waals surface area contributed by atoms with E-state index in [1.54, 1.807) is 0 Å². The molecule has 2 rings (SSSR count). The monoisotopic (exact) mass is 240 g/mol. The van der Waals surface area contributed by atoms with Crippen LogP contribution in [0, 0.1) is 12.8 Å². The normalized spacial score (nSPS) is 20.4. The van der Waals surface area contributed by atoms with E-state index in [0.717, 1.165) is 30.9 Å². The summed E-state index contributed by atoms with van der Waals surface area (Å²) < 4.78 is 0. The fourth-order valence-corrected chi connectivity index (χ4v) is 2.65. The van der Waals surface area contributed by atoms with Crippen LogP contribution in [0.25, 0.3) is 0 Å². The molecule has 0 saturated carbocycles. The number of carbonyl (C=O) groups is 1. The molecule has 1 aliphatic heterocycles. The highest BCUT2D eigenvalue weighted by molar-refractivity contribution is 7.09. The molecule has 88 valence electrons. The maximum absolute atomic E-state index is 12.0. The predicted molar refractivity (Wildman–Crippen MR) is 62.6 cm³/mol. The fraction of sp³-hybridized carbons (Fsp3) is 0.636. The van der Waals surface area contributed by atoms with Crippen LogP contribution in [0.2, 0.25) is 0 Å². The molecular weight excluding hydrogens is 224 g/mol. The zero-order valence-corrected chi connectivity index (χ0v) is 10.2. The summed E-state index contributed by atoms with van der Waals surface area (Å²) in [6.45, 7) is 3.67. The first-order chi connectivity index (χ1) is 7.70. The third kappa shape index (κ3) is 2.41. The molecule has 1 amide bonds. The minimum absolute atomic E-state index is 0.0322. The second-order valence-corrected chi connectivity index (χ2v) is 5.23. The van der Waals surface area contributed by atoms with Crippen LogP contribution in [-0.4, -0.2) is 40.6 Å². The largest absolute Gasteiger partial charge is 0.396 e. The second kappa shape index (κ2) is 4.93. The van der Waals surface area contributed by atoms with Gasteiger partial charge in [-0.1, -0.05) is 0 Å². The smallest absolute Gasteiger partial charge is 0.273 e. The van der Waals surface area contributed by atoms with Crippen LogP contribution in [0.3, 0.4) is 0 Å². The molecule has 0 radical (unpaired) electrons. The highest BCUT2D eigenvalue weighted by atomic mass is 32.1. The number of aromatic nitrogens is 1. The van der Waals surface area contributed by atoms with E-state index in [4.69, 9.17) is 5.11 Å². The minimum atomic E-state index is 0.0322. The zero-order valence-electron chi connectivity index (χ0n) is 9.35. The number of aliphatic hydroxyl groups is 1. The first-order valence-corrected chi connectivity index (χ1v) is 6.41. The number of hydrogen-bond donors (Lipinski definition) is 1. The molecule has 1 N–H and O–H groups in total. The van der Waals surface area contributed by atoms with Crippen LogP contribution >= 0.6 is 11.3 Å². The van der Waals surface area contributed by atoms with Crippen molar-refractivity contribution in [2.45, 2.75) is 19.8 Å². The lowest BCUT2D eigenvalue weighted by Crippen LogP contribution is -2.29. The van der Waals surface area contributed by atoms with Gasteiger partial charge in [-0.3, -0.25) is 4.79 Å². The number of thiazole rings is 1. The van der Waals surface area contributed by atoms with E-state index in [1.165, 1.54) is 11.3 Å². The summed E-state index contributed by atoms with van der Waals surface area (Å²) in [5, 5.41) is 11.6. The van der Waals surface area contributed by atoms with Crippen molar-refractivity contribution in [3.05, 3.63) is 16.1 Å². The van der Waals surface area contributed by atoms with E-state index < -0.39 is 0 Å². The quantitative estimate of drug-likeness (QED) is 0.866. The standard InChI is InChI=1S/C11H16N2O2S/c1-8-12-10(7-16-8)11(15)13-4-2-9(6-13)3-5-14/h7,9,14H,2-6H2,1H3. The van der Waals surface area contributed by atoms with E-state index >= 15 is 0 Å². The van der Waals surface area contributed by atoms with Crippen LogP contribution in [0.5, 0.6) is 0 Å². The van der Waals surface area contributed by atoms with E-state index in [1.807, 2.05) is 17.2 Å². The lowest BCUT2D eigenvalue weighted by Gasteiger charge is -2.14. The van der Waals surface area contributed by atoms with Crippen molar-refractivity contribution in [2.75, 3.05) is 19.7 Å². The molecule has 16 heavy (non-hydrogen) atoms. The Kier molecular flexibility index (Phi) is 3.56. The van der Waals surface area contributed by atoms with Gasteiger partial charge in [0, 0.05) is 25.1 Å². The van der Waals surface area contributed by atoms with Gasteiger partial charge in [0.15, 0.2) is 0 Å². The second-order valence-electron chi connectivity index (χ2n) is 4.17. The van der Waals surface area contributed by atoms with Gasteiger partial charge in [0.2, 0.25) is 0 Å². The molecule has 0 spiro atoms. The lowest BCUT2D eigenvalue weighted by atomic mass is 10.1. The van der Waals surface area contributed by atoms with E-state index in [2.05, 4.69) is 4.98 Å². The predicted octanol–water partition coefficient (Wildman–Crippen LogP) is 1.30. The van der Waals surface area contributed by atoms with Gasteiger partial charge in [0.05, 0.1) is 5.01 Å². The highest BCUT2D eigenvalue weighted by Crippen LogP contribution is 2.21. The van der Waals surface area contributed by atoms with Crippen LogP contribution in [0.15, 0.2) is 5.38 Å². The van der Waals surface area contributed by atoms with Gasteiger partial charge >= 0.3 is 0 Å². The van der Waals surface area contributed by atoms with Gasteiger partial charge in [0.25, 0.3) is 5.91 Å². The molecular formula is C11H16N2O2S. The molecule has 1 saturated heterocycles. The molecule has 0 bridgehead atoms. The Labute approximate surface area is 98.9 Å². The van der Waals surface area contributed by atoms with Gasteiger partial charge in [0.1, 0.15) is 5.69 Å². The van der Waals surface area contributed by atoms with Crippen molar-refractivity contribution in [1.82, 2.24) is 9.88 Å². The Hall–Kier alpha value is -0.940. The van der Waals surface area contributed by atoms with Crippen molar-refractivity contribution in [2.24, 2.45) is 5.92 Å². The molecule has 1 aliphatic rings. The average Bonchev–Trinajstić information content (AvgIpc) is 2.87. The van der Waals surface area contributed by atoms with Crippen LogP contribution in [0.1, 0.15) is 28.3 Å². The molecule has 1 aromatic rings. The third-order valence-electron chi connectivity index (χ3n) is 2.95. The summed E-state index contributed by atoms with van der Waals surface area (Å²) in [6.07, 6.45) is 1.79. The summed E-state index contributed by atoms with van der Waals surface area (Å²) in [5.74, 6) is 0.485. The van der Waals surface area contributed by atoms with Crippen molar-refractivity contribution < 1.29 is 9.90 Å². The Bertz CT molecular complexity index is 378. The van der Waals surface area contributed by atoms with Crippen LogP contribution in [0.4, 0.5) is 0 Å². The number of carbonyl (C=O) groups excluding carboxylic acids is 1. The molecule has 2 heterocycles. The van der Waals surface area contributed by atoms with Crippen LogP contribution in [-0.2, 0) is 0 Å². The molecule has 1 unspecified atom stereocenters. The van der Waals surface area contributed by atoms with Gasteiger partial charge in [-0.05, 0) is 25.7 Å². The number of amides is 1.